The van der Waals surface area contributed by atoms with Gasteiger partial charge in [-0.3, -0.25) is 4.98 Å². The standard InChI is InChI=1S/C17H22N4O/c1-13-11-21(14(2)8-19-13)16-9-18-10-17(20-16)22-12-15-6-4-3-5-7-15/h3-7,9-10,13-14,19H,8,11-12H2,1-2H3. The Bertz CT molecular complexity index is 605. The Morgan fingerprint density at radius 2 is 2.05 bits per heavy atom. The predicted molar refractivity (Wildman–Crippen MR) is 87.1 cm³/mol. The lowest BCUT2D eigenvalue weighted by molar-refractivity contribution is 0.292. The van der Waals surface area contributed by atoms with Gasteiger partial charge in [-0.05, 0) is 19.4 Å². The third-order valence-corrected chi connectivity index (χ3v) is 3.89. The van der Waals surface area contributed by atoms with E-state index in [2.05, 4.69) is 34.0 Å². The summed E-state index contributed by atoms with van der Waals surface area (Å²) in [6.07, 6.45) is 3.48. The monoisotopic (exact) mass is 298 g/mol. The van der Waals surface area contributed by atoms with E-state index in [1.165, 1.54) is 0 Å². The van der Waals surface area contributed by atoms with Crippen LogP contribution in [0.1, 0.15) is 19.4 Å². The molecule has 1 fully saturated rings. The summed E-state index contributed by atoms with van der Waals surface area (Å²) in [5.74, 6) is 1.45. The first-order chi connectivity index (χ1) is 10.7. The molecule has 5 heteroatoms. The van der Waals surface area contributed by atoms with E-state index in [1.807, 2.05) is 36.5 Å². The maximum atomic E-state index is 5.77. The van der Waals surface area contributed by atoms with E-state index in [-0.39, 0.29) is 0 Å². The van der Waals surface area contributed by atoms with Gasteiger partial charge in [-0.15, -0.1) is 0 Å². The first-order valence-corrected chi connectivity index (χ1v) is 7.71. The zero-order valence-corrected chi connectivity index (χ0v) is 13.1. The molecule has 0 saturated carbocycles. The Morgan fingerprint density at radius 1 is 1.23 bits per heavy atom. The van der Waals surface area contributed by atoms with Crippen LogP contribution in [-0.2, 0) is 6.61 Å². The van der Waals surface area contributed by atoms with Gasteiger partial charge in [0.1, 0.15) is 6.61 Å². The molecule has 0 radical (unpaired) electrons. The highest BCUT2D eigenvalue weighted by Gasteiger charge is 2.23. The molecule has 5 nitrogen and oxygen atoms in total. The van der Waals surface area contributed by atoms with E-state index < -0.39 is 0 Å². The lowest BCUT2D eigenvalue weighted by Crippen LogP contribution is -2.54. The van der Waals surface area contributed by atoms with Crippen LogP contribution in [0.5, 0.6) is 5.88 Å². The van der Waals surface area contributed by atoms with Gasteiger partial charge in [-0.1, -0.05) is 30.3 Å². The normalized spacial score (nSPS) is 21.6. The second kappa shape index (κ2) is 6.75. The number of nitrogens with one attached hydrogen (secondary N) is 1. The lowest BCUT2D eigenvalue weighted by atomic mass is 10.1. The molecule has 1 aliphatic heterocycles. The van der Waals surface area contributed by atoms with Crippen molar-refractivity contribution >= 4 is 5.82 Å². The fourth-order valence-corrected chi connectivity index (χ4v) is 2.62. The minimum Gasteiger partial charge on any atom is -0.472 e. The van der Waals surface area contributed by atoms with Crippen molar-refractivity contribution in [2.75, 3.05) is 18.0 Å². The van der Waals surface area contributed by atoms with Gasteiger partial charge in [0, 0.05) is 25.2 Å². The topological polar surface area (TPSA) is 50.3 Å². The average molecular weight is 298 g/mol. The second-order valence-electron chi connectivity index (χ2n) is 5.80. The molecular formula is C17H22N4O. The first kappa shape index (κ1) is 14.8. The molecule has 1 aromatic heterocycles. The zero-order chi connectivity index (χ0) is 15.4. The number of nitrogens with zero attached hydrogens (tertiary/aromatic N) is 3. The van der Waals surface area contributed by atoms with Crippen molar-refractivity contribution in [1.82, 2.24) is 15.3 Å². The van der Waals surface area contributed by atoms with Crippen LogP contribution in [0.4, 0.5) is 5.82 Å². The molecule has 0 aliphatic carbocycles. The SMILES string of the molecule is CC1CN(c2cncc(OCc3ccccc3)n2)C(C)CN1. The number of anilines is 1. The summed E-state index contributed by atoms with van der Waals surface area (Å²) in [7, 11) is 0. The number of benzene rings is 1. The van der Waals surface area contributed by atoms with Gasteiger partial charge in [0.15, 0.2) is 5.82 Å². The van der Waals surface area contributed by atoms with Crippen LogP contribution < -0.4 is 15.0 Å². The van der Waals surface area contributed by atoms with Crippen LogP contribution in [0.3, 0.4) is 0 Å². The van der Waals surface area contributed by atoms with Gasteiger partial charge in [-0.2, -0.15) is 4.98 Å². The van der Waals surface area contributed by atoms with Gasteiger partial charge >= 0.3 is 0 Å². The van der Waals surface area contributed by atoms with Crippen molar-refractivity contribution in [3.8, 4) is 5.88 Å². The molecule has 1 aliphatic rings. The fraction of sp³-hybridized carbons (Fsp3) is 0.412. The summed E-state index contributed by atoms with van der Waals surface area (Å²) in [4.78, 5) is 11.2. The molecule has 2 aromatic rings. The summed E-state index contributed by atoms with van der Waals surface area (Å²) in [6, 6.07) is 10.9. The highest BCUT2D eigenvalue weighted by molar-refractivity contribution is 5.40. The van der Waals surface area contributed by atoms with Crippen LogP contribution >= 0.6 is 0 Å². The van der Waals surface area contributed by atoms with Gasteiger partial charge in [0.05, 0.1) is 12.4 Å². The Morgan fingerprint density at radius 3 is 2.86 bits per heavy atom. The van der Waals surface area contributed by atoms with Gasteiger partial charge in [-0.25, -0.2) is 0 Å². The van der Waals surface area contributed by atoms with E-state index in [4.69, 9.17) is 4.74 Å². The first-order valence-electron chi connectivity index (χ1n) is 7.71. The van der Waals surface area contributed by atoms with Gasteiger partial charge < -0.3 is 15.0 Å². The lowest BCUT2D eigenvalue weighted by Gasteiger charge is -2.38. The largest absolute Gasteiger partial charge is 0.472 e. The maximum absolute atomic E-state index is 5.77. The van der Waals surface area contributed by atoms with Crippen molar-refractivity contribution in [2.45, 2.75) is 32.5 Å². The summed E-state index contributed by atoms with van der Waals surface area (Å²) in [5, 5.41) is 3.47. The quantitative estimate of drug-likeness (QED) is 0.938. The van der Waals surface area contributed by atoms with Crippen molar-refractivity contribution < 1.29 is 4.74 Å². The summed E-state index contributed by atoms with van der Waals surface area (Å²) < 4.78 is 5.77. The Labute approximate surface area is 131 Å². The van der Waals surface area contributed by atoms with E-state index in [1.54, 1.807) is 6.20 Å². The van der Waals surface area contributed by atoms with Crippen molar-refractivity contribution in [3.05, 3.63) is 48.3 Å². The van der Waals surface area contributed by atoms with Crippen LogP contribution in [0.25, 0.3) is 0 Å². The molecule has 0 spiro atoms. The van der Waals surface area contributed by atoms with E-state index in [0.29, 0.717) is 24.6 Å². The highest BCUT2D eigenvalue weighted by atomic mass is 16.5. The Kier molecular flexibility index (Phi) is 4.53. The molecule has 0 bridgehead atoms. The molecule has 1 aromatic carbocycles. The Hall–Kier alpha value is -2.14. The van der Waals surface area contributed by atoms with Crippen LogP contribution in [0.15, 0.2) is 42.7 Å². The minimum atomic E-state index is 0.398. The molecule has 22 heavy (non-hydrogen) atoms. The van der Waals surface area contributed by atoms with Crippen LogP contribution in [-0.4, -0.2) is 35.1 Å². The zero-order valence-electron chi connectivity index (χ0n) is 13.1. The third-order valence-electron chi connectivity index (χ3n) is 3.89. The molecule has 116 valence electrons. The highest BCUT2D eigenvalue weighted by Crippen LogP contribution is 2.19. The number of rotatable bonds is 4. The number of aromatic nitrogens is 2. The molecule has 3 rings (SSSR count). The molecule has 1 saturated heterocycles. The molecular weight excluding hydrogens is 276 g/mol. The Balaban J connectivity index is 1.69. The van der Waals surface area contributed by atoms with E-state index in [0.717, 1.165) is 24.5 Å². The van der Waals surface area contributed by atoms with Crippen molar-refractivity contribution in [2.24, 2.45) is 0 Å². The predicted octanol–water partition coefficient (Wildman–Crippen LogP) is 2.24. The van der Waals surface area contributed by atoms with Crippen LogP contribution in [0, 0.1) is 0 Å². The minimum absolute atomic E-state index is 0.398. The average Bonchev–Trinajstić information content (AvgIpc) is 2.56. The third kappa shape index (κ3) is 3.54. The molecule has 2 atom stereocenters. The van der Waals surface area contributed by atoms with E-state index >= 15 is 0 Å². The summed E-state index contributed by atoms with van der Waals surface area (Å²) in [6.45, 7) is 6.77. The number of piperazine rings is 1. The van der Waals surface area contributed by atoms with Crippen molar-refractivity contribution in [3.63, 3.8) is 0 Å². The smallest absolute Gasteiger partial charge is 0.234 e. The van der Waals surface area contributed by atoms with Gasteiger partial charge in [0.2, 0.25) is 5.88 Å². The van der Waals surface area contributed by atoms with E-state index in [9.17, 15) is 0 Å². The molecule has 1 N–H and O–H groups in total. The number of hydrogen-bond acceptors (Lipinski definition) is 5. The van der Waals surface area contributed by atoms with Gasteiger partial charge in [0.25, 0.3) is 0 Å². The molecule has 2 heterocycles. The fourth-order valence-electron chi connectivity index (χ4n) is 2.62. The summed E-state index contributed by atoms with van der Waals surface area (Å²) >= 11 is 0. The molecule has 2 unspecified atom stereocenters. The molecule has 0 amide bonds. The second-order valence-corrected chi connectivity index (χ2v) is 5.80. The number of hydrogen-bond donors (Lipinski definition) is 1. The summed E-state index contributed by atoms with van der Waals surface area (Å²) in [5.41, 5.74) is 1.12. The van der Waals surface area contributed by atoms with Crippen LogP contribution in [0.2, 0.25) is 0 Å². The van der Waals surface area contributed by atoms with Crippen molar-refractivity contribution in [1.29, 1.82) is 0 Å². The maximum Gasteiger partial charge on any atom is 0.234 e. The number of ether oxygens (including phenoxy) is 1.